The average molecular weight is 1590 g/mol. The molecule has 16 aliphatic rings. The van der Waals surface area contributed by atoms with Crippen molar-refractivity contribution in [3.63, 3.8) is 0 Å². The molecule has 2 heterocycles. The van der Waals surface area contributed by atoms with Crippen LogP contribution in [0.3, 0.4) is 0 Å². The highest BCUT2D eigenvalue weighted by molar-refractivity contribution is 5.94. The van der Waals surface area contributed by atoms with Crippen LogP contribution < -0.4 is 0 Å². The first-order valence-corrected chi connectivity index (χ1v) is 43.4. The summed E-state index contributed by atoms with van der Waals surface area (Å²) in [6, 6.07) is 4.28. The molecular formula is C92H136N2O20. The topological polar surface area (TPSA) is 333 Å². The molecule has 22 heteroatoms. The van der Waals surface area contributed by atoms with Crippen molar-refractivity contribution in [1.29, 1.82) is 10.5 Å². The van der Waals surface area contributed by atoms with Crippen LogP contribution in [-0.2, 0) is 85.8 Å². The Morgan fingerprint density at radius 2 is 0.816 bits per heavy atom. The summed E-state index contributed by atoms with van der Waals surface area (Å²) in [5.41, 5.74) is -3.76. The Bertz CT molecular complexity index is 3690. The lowest BCUT2D eigenvalue weighted by molar-refractivity contribution is -0.225. The average Bonchev–Trinajstić information content (AvgIpc) is 1.53. The number of allylic oxidation sites excluding steroid dienone is 1. The predicted molar refractivity (Wildman–Crippen MR) is 424 cm³/mol. The van der Waals surface area contributed by atoms with Crippen molar-refractivity contribution < 1.29 is 96.1 Å². The first kappa shape index (κ1) is 91.1. The summed E-state index contributed by atoms with van der Waals surface area (Å²) in [6.07, 6.45) is 28.7. The van der Waals surface area contributed by atoms with Crippen LogP contribution in [0.15, 0.2) is 36.5 Å². The van der Waals surface area contributed by atoms with Crippen molar-refractivity contribution in [1.82, 2.24) is 0 Å². The molecule has 12 bridgehead atoms. The number of aliphatic hydroxyl groups is 2. The first-order valence-electron chi connectivity index (χ1n) is 43.4. The quantitative estimate of drug-likeness (QED) is 0.0334. The zero-order chi connectivity index (χ0) is 84.2. The number of unbranched alkanes of at least 4 members (excludes halogenated alkanes) is 2. The number of carbonyl (C=O) groups is 10. The summed E-state index contributed by atoms with van der Waals surface area (Å²) >= 11 is 0. The molecule has 14 saturated carbocycles. The molecular weight excluding hydrogens is 1450 g/mol. The molecule has 0 radical (unpaired) electrons. The summed E-state index contributed by atoms with van der Waals surface area (Å²) < 4.78 is 44.7. The third kappa shape index (κ3) is 20.1. The van der Waals surface area contributed by atoms with E-state index in [1.54, 1.807) is 20.8 Å². The Kier molecular flexibility index (Phi) is 28.6. The third-order valence-electron chi connectivity index (χ3n) is 29.3. The molecule has 16 fully saturated rings. The minimum absolute atomic E-state index is 0.0159. The molecule has 0 amide bonds. The van der Waals surface area contributed by atoms with E-state index >= 15 is 0 Å². The molecule has 2 N–H and O–H groups in total. The second kappa shape index (κ2) is 35.8. The number of ketones is 2. The lowest BCUT2D eigenvalue weighted by Crippen LogP contribution is -2.61. The van der Waals surface area contributed by atoms with Crippen molar-refractivity contribution in [3.8, 4) is 12.1 Å². The molecule has 14 unspecified atom stereocenters. The normalized spacial score (nSPS) is 34.6. The second-order valence-electron chi connectivity index (χ2n) is 39.5. The number of ether oxygens (including phenoxy) is 8. The van der Waals surface area contributed by atoms with Gasteiger partial charge in [-0.1, -0.05) is 68.2 Å². The van der Waals surface area contributed by atoms with Gasteiger partial charge in [0.05, 0.1) is 34.2 Å². The molecule has 2 saturated heterocycles. The Morgan fingerprint density at radius 3 is 1.17 bits per heavy atom. The van der Waals surface area contributed by atoms with E-state index in [0.717, 1.165) is 109 Å². The molecule has 22 nitrogen and oxygen atoms in total. The highest BCUT2D eigenvalue weighted by atomic mass is 16.6. The lowest BCUT2D eigenvalue weighted by Gasteiger charge is -2.59. The first-order chi connectivity index (χ1) is 53.3. The van der Waals surface area contributed by atoms with E-state index in [1.807, 2.05) is 62.3 Å². The smallest absolute Gasteiger partial charge is 0.333 e. The van der Waals surface area contributed by atoms with Gasteiger partial charge >= 0.3 is 47.8 Å². The van der Waals surface area contributed by atoms with Gasteiger partial charge in [0.2, 0.25) is 0 Å². The summed E-state index contributed by atoms with van der Waals surface area (Å²) in [6.45, 7) is 37.9. The predicted octanol–water partition coefficient (Wildman–Crippen LogP) is 16.8. The van der Waals surface area contributed by atoms with Crippen LogP contribution >= 0.6 is 0 Å². The minimum atomic E-state index is -1.01. The third-order valence-corrected chi connectivity index (χ3v) is 29.3. The number of nitriles is 2. The van der Waals surface area contributed by atoms with Gasteiger partial charge in [-0.3, -0.25) is 38.4 Å². The summed E-state index contributed by atoms with van der Waals surface area (Å²) in [7, 11) is 0. The van der Waals surface area contributed by atoms with Crippen LogP contribution in [0.2, 0.25) is 0 Å². The fraction of sp³-hybridized carbons (Fsp3) is 0.804. The van der Waals surface area contributed by atoms with Crippen LogP contribution in [0, 0.1) is 97.1 Å². The molecule has 2 aliphatic heterocycles. The summed E-state index contributed by atoms with van der Waals surface area (Å²) in [4.78, 5) is 119. The van der Waals surface area contributed by atoms with E-state index in [0.29, 0.717) is 117 Å². The van der Waals surface area contributed by atoms with E-state index in [4.69, 9.17) is 37.9 Å². The molecule has 0 aromatic carbocycles. The SMILES string of the molecule is C=C(C)C(=O)CCCCC(=O)OC1C2CC3C1OC(=O)C3(C#N)C2.C=C(C)C(=O)OC1(CC)CCCC1.C=C(C)C(=O)OC12CC3CC(CC(O)(C3)C1)C2.CCC(C)(C)C(=O)CCCCC(=O)OC1C2CC3C1OC(=O)C3(C#N)C2.CCC(C)(C)C(=O)OC12CC3CC(CC(O)(C3)C1)C2.CCC1(OC(=O)C(C)(C)CC)CCCC1. The fourth-order valence-corrected chi connectivity index (χ4v) is 22.0. The number of carbonyl (C=O) groups excluding carboxylic acids is 10. The molecule has 634 valence electrons. The van der Waals surface area contributed by atoms with E-state index < -0.39 is 69.4 Å². The number of hydrogen-bond donors (Lipinski definition) is 2. The molecule has 114 heavy (non-hydrogen) atoms. The molecule has 16 rings (SSSR count). The Labute approximate surface area is 678 Å². The number of rotatable bonds is 27. The van der Waals surface area contributed by atoms with Crippen LogP contribution in [0.4, 0.5) is 0 Å². The molecule has 0 aromatic heterocycles. The number of nitrogens with zero attached hydrogens (tertiary/aromatic N) is 2. The highest BCUT2D eigenvalue weighted by Gasteiger charge is 2.74. The van der Waals surface area contributed by atoms with Crippen LogP contribution in [0.25, 0.3) is 0 Å². The van der Waals surface area contributed by atoms with E-state index in [1.165, 1.54) is 38.5 Å². The van der Waals surface area contributed by atoms with Crippen LogP contribution in [-0.4, -0.2) is 128 Å². The van der Waals surface area contributed by atoms with E-state index in [-0.39, 0.29) is 112 Å². The van der Waals surface area contributed by atoms with Gasteiger partial charge in [0.1, 0.15) is 52.6 Å². The maximum Gasteiger partial charge on any atom is 0.333 e. The van der Waals surface area contributed by atoms with E-state index in [9.17, 15) is 68.7 Å². The highest BCUT2D eigenvalue weighted by Crippen LogP contribution is 2.65. The molecule has 14 atom stereocenters. The van der Waals surface area contributed by atoms with Crippen molar-refractivity contribution in [2.75, 3.05) is 0 Å². The number of Topliss-reactive ketones (excluding diaryl/α,β-unsaturated/α-hetero) is 2. The standard InChI is InChI=1S/C20H27NO5.C18H21NO5.C16H26O3.C14H20O3.C13H24O2.C11H18O2/c1-4-19(2,3)14(22)7-5-6-8-15(23)25-16-12-9-13-17(16)26-18(24)20(13,10-12)11-21;1-10(2)13(20)5-3-4-6-14(21)23-15-11-7-12-16(15)24-17(22)18(12,8-11)9-19;1-4-14(2,3)13(17)19-16-8-11-5-12(9-16)7-15(18,6-11)10-16;1-9(2)12(15)17-14-6-10-3-11(7-14)5-13(16,4-10)8-14;1-5-12(3,4)11(14)15-13(6-2)9-7-8-10-13;1-4-11(7-5-6-8-11)13-10(12)9(2)3/h12-13,16-17H,4-10H2,1-3H3;11-12,15-16H,1,3-8H2,2H3;11-12,18H,4-10H2,1-3H3;10-11,16H,1,3-8H2,2H3;5-10H2,1-4H3;2,4-8H2,1,3H3. The van der Waals surface area contributed by atoms with Gasteiger partial charge in [0, 0.05) is 78.8 Å². The zero-order valence-corrected chi connectivity index (χ0v) is 71.3. The minimum Gasteiger partial charge on any atom is -0.459 e. The van der Waals surface area contributed by atoms with Gasteiger partial charge in [-0.15, -0.1) is 0 Å². The van der Waals surface area contributed by atoms with Gasteiger partial charge in [0.25, 0.3) is 0 Å². The van der Waals surface area contributed by atoms with Crippen molar-refractivity contribution >= 4 is 59.3 Å². The monoisotopic (exact) mass is 1590 g/mol. The van der Waals surface area contributed by atoms with Crippen molar-refractivity contribution in [2.24, 2.45) is 74.4 Å². The molecule has 14 aliphatic carbocycles. The largest absolute Gasteiger partial charge is 0.459 e. The van der Waals surface area contributed by atoms with Crippen molar-refractivity contribution in [3.05, 3.63) is 36.5 Å². The lowest BCUT2D eigenvalue weighted by atomic mass is 9.52. The summed E-state index contributed by atoms with van der Waals surface area (Å²) in [5.74, 6) is 0.0344. The molecule has 0 aromatic rings. The Hall–Kier alpha value is -6.78. The molecule has 0 spiro atoms. The zero-order valence-electron chi connectivity index (χ0n) is 71.3. The van der Waals surface area contributed by atoms with Crippen LogP contribution in [0.1, 0.15) is 335 Å². The van der Waals surface area contributed by atoms with Gasteiger partial charge in [-0.05, 0) is 277 Å². The Balaban J connectivity index is 0.000000159. The summed E-state index contributed by atoms with van der Waals surface area (Å²) in [5, 5.41) is 39.9. The number of fused-ring (bicyclic) bond motifs is 2. The maximum absolute atomic E-state index is 12.4. The maximum atomic E-state index is 12.4. The second-order valence-corrected chi connectivity index (χ2v) is 39.5. The van der Waals surface area contributed by atoms with Gasteiger partial charge < -0.3 is 48.1 Å². The van der Waals surface area contributed by atoms with Gasteiger partial charge in [0.15, 0.2) is 16.6 Å². The number of hydrogen-bond acceptors (Lipinski definition) is 22. The fourth-order valence-electron chi connectivity index (χ4n) is 22.0. The van der Waals surface area contributed by atoms with Gasteiger partial charge in [-0.2, -0.15) is 10.5 Å². The van der Waals surface area contributed by atoms with Crippen molar-refractivity contribution in [2.45, 2.75) is 393 Å². The van der Waals surface area contributed by atoms with Gasteiger partial charge in [-0.25, -0.2) is 9.59 Å². The number of esters is 8. The van der Waals surface area contributed by atoms with Crippen LogP contribution in [0.5, 0.6) is 0 Å². The Morgan fingerprint density at radius 1 is 0.465 bits per heavy atom. The van der Waals surface area contributed by atoms with E-state index in [2.05, 4.69) is 45.7 Å².